The number of carboxylic acid groups (broad SMARTS) is 1. The van der Waals surface area contributed by atoms with E-state index in [2.05, 4.69) is 40.5 Å². The summed E-state index contributed by atoms with van der Waals surface area (Å²) in [5.41, 5.74) is 4.15. The molecular weight excluding hydrogens is 664 g/mol. The van der Waals surface area contributed by atoms with Crippen molar-refractivity contribution in [2.75, 3.05) is 26.9 Å². The fourth-order valence-corrected chi connectivity index (χ4v) is 7.14. The molecule has 4 aromatic rings. The standard InChI is InChI=1S/C37H48N10O5/c1-21(2)30(42-20-52-5)35(48)46-14-6-8-28(46)33-40-18-26(43-33)23-10-12-24(13-11-23)32-38-16-25(17-39-32)27-19-41-34(44-27)29-9-7-15-47(29)36(49)31(22(3)4)45-37(50)51/h10-13,16-19,21-22,28-31,42,45H,6-9,14-15,20H2,1-5H3,(H,40,43)(H,41,44)(H,50,51)/t28?,29-,30-,31-/m0/s1. The van der Waals surface area contributed by atoms with Crippen molar-refractivity contribution < 1.29 is 24.2 Å². The molecule has 15 nitrogen and oxygen atoms in total. The molecule has 4 atom stereocenters. The summed E-state index contributed by atoms with van der Waals surface area (Å²) in [6.07, 6.45) is 9.08. The van der Waals surface area contributed by atoms with Gasteiger partial charge in [0, 0.05) is 43.7 Å². The number of nitrogens with one attached hydrogen (secondary N) is 4. The van der Waals surface area contributed by atoms with Crippen molar-refractivity contribution in [3.05, 3.63) is 60.7 Å². The van der Waals surface area contributed by atoms with Crippen molar-refractivity contribution in [1.82, 2.24) is 50.3 Å². The Hall–Kier alpha value is -5.15. The lowest BCUT2D eigenvalue weighted by Gasteiger charge is -2.30. The molecular formula is C37H48N10O5. The molecule has 0 aliphatic carbocycles. The number of carbonyl (C=O) groups is 3. The molecule has 15 heteroatoms. The van der Waals surface area contributed by atoms with Crippen molar-refractivity contribution in [2.24, 2.45) is 11.8 Å². The molecule has 0 saturated carbocycles. The molecule has 0 spiro atoms. The Balaban J connectivity index is 1.11. The number of benzene rings is 1. The van der Waals surface area contributed by atoms with Gasteiger partial charge in [-0.3, -0.25) is 14.9 Å². The van der Waals surface area contributed by atoms with E-state index in [9.17, 15) is 19.5 Å². The Morgan fingerprint density at radius 1 is 0.769 bits per heavy atom. The van der Waals surface area contributed by atoms with Gasteiger partial charge in [-0.15, -0.1) is 0 Å². The Morgan fingerprint density at radius 2 is 1.27 bits per heavy atom. The third kappa shape index (κ3) is 7.84. The number of likely N-dealkylation sites (tertiary alicyclic amines) is 2. The van der Waals surface area contributed by atoms with Crippen molar-refractivity contribution in [1.29, 1.82) is 0 Å². The number of aromatic amines is 2. The Bertz CT molecular complexity index is 1840. The highest BCUT2D eigenvalue weighted by atomic mass is 16.5. The van der Waals surface area contributed by atoms with Crippen LogP contribution in [0.5, 0.6) is 0 Å². The number of carbonyl (C=O) groups excluding carboxylic acids is 2. The molecule has 2 aliphatic heterocycles. The van der Waals surface area contributed by atoms with Crippen molar-refractivity contribution in [3.63, 3.8) is 0 Å². The van der Waals surface area contributed by atoms with Crippen molar-refractivity contribution in [2.45, 2.75) is 77.5 Å². The molecule has 276 valence electrons. The van der Waals surface area contributed by atoms with E-state index in [0.29, 0.717) is 31.5 Å². The molecule has 0 bridgehead atoms. The number of methoxy groups -OCH3 is 1. The Labute approximate surface area is 303 Å². The highest BCUT2D eigenvalue weighted by molar-refractivity contribution is 5.86. The van der Waals surface area contributed by atoms with Crippen molar-refractivity contribution >= 4 is 17.9 Å². The van der Waals surface area contributed by atoms with Crippen molar-refractivity contribution in [3.8, 4) is 33.9 Å². The van der Waals surface area contributed by atoms with Gasteiger partial charge in [0.15, 0.2) is 5.82 Å². The molecule has 3 aromatic heterocycles. The van der Waals surface area contributed by atoms with Gasteiger partial charge in [-0.05, 0) is 43.1 Å². The van der Waals surface area contributed by atoms with Crippen LogP contribution in [0, 0.1) is 11.8 Å². The maximum absolute atomic E-state index is 13.5. The van der Waals surface area contributed by atoms with Gasteiger partial charge in [0.25, 0.3) is 0 Å². The first-order valence-corrected chi connectivity index (χ1v) is 17.9. The van der Waals surface area contributed by atoms with E-state index >= 15 is 0 Å². The van der Waals surface area contributed by atoms with Gasteiger partial charge in [-0.2, -0.15) is 0 Å². The summed E-state index contributed by atoms with van der Waals surface area (Å²) in [6, 6.07) is 6.39. The summed E-state index contributed by atoms with van der Waals surface area (Å²) in [6.45, 7) is 9.25. The number of hydrogen-bond donors (Lipinski definition) is 5. The van der Waals surface area contributed by atoms with E-state index in [1.165, 1.54) is 0 Å². The minimum Gasteiger partial charge on any atom is -0.465 e. The average Bonchev–Trinajstić information content (AvgIpc) is 3.97. The SMILES string of the molecule is COCN[C@H](C(=O)N1CCCC1c1ncc(-c2ccc(-c3ncc(-c4cnc([C@@H]5CCCN5C(=O)[C@@H](NC(=O)O)C(C)C)[nH]4)cn3)cc2)[nH]1)C(C)C. The van der Waals surface area contributed by atoms with Gasteiger partial charge in [0.1, 0.15) is 17.7 Å². The molecule has 5 N–H and O–H groups in total. The predicted molar refractivity (Wildman–Crippen MR) is 193 cm³/mol. The van der Waals surface area contributed by atoms with E-state index in [1.807, 2.05) is 63.1 Å². The molecule has 1 aromatic carbocycles. The van der Waals surface area contributed by atoms with Crippen LogP contribution in [-0.4, -0.2) is 102 Å². The molecule has 2 saturated heterocycles. The van der Waals surface area contributed by atoms with E-state index in [0.717, 1.165) is 59.6 Å². The van der Waals surface area contributed by atoms with Gasteiger partial charge in [0.2, 0.25) is 11.8 Å². The van der Waals surface area contributed by atoms with Crippen LogP contribution in [0.15, 0.2) is 49.1 Å². The maximum atomic E-state index is 13.5. The summed E-state index contributed by atoms with van der Waals surface area (Å²) in [5, 5.41) is 14.8. The summed E-state index contributed by atoms with van der Waals surface area (Å²) in [7, 11) is 1.61. The predicted octanol–water partition coefficient (Wildman–Crippen LogP) is 4.76. The molecule has 6 rings (SSSR count). The van der Waals surface area contributed by atoms with E-state index in [-0.39, 0.29) is 41.8 Å². The zero-order chi connectivity index (χ0) is 36.9. The van der Waals surface area contributed by atoms with Crippen LogP contribution in [-0.2, 0) is 14.3 Å². The first-order valence-electron chi connectivity index (χ1n) is 17.9. The first kappa shape index (κ1) is 36.6. The highest BCUT2D eigenvalue weighted by Gasteiger charge is 2.38. The summed E-state index contributed by atoms with van der Waals surface area (Å²) in [5.74, 6) is 1.74. The maximum Gasteiger partial charge on any atom is 0.405 e. The third-order valence-electron chi connectivity index (χ3n) is 9.90. The number of hydrogen-bond acceptors (Lipinski definition) is 9. The minimum absolute atomic E-state index is 0.0651. The number of aromatic nitrogens is 6. The zero-order valence-electron chi connectivity index (χ0n) is 30.3. The van der Waals surface area contributed by atoms with Crippen LogP contribution in [0.3, 0.4) is 0 Å². The van der Waals surface area contributed by atoms with Gasteiger partial charge in [-0.25, -0.2) is 24.7 Å². The molecule has 2 fully saturated rings. The fraction of sp³-hybridized carbons (Fsp3) is 0.486. The average molecular weight is 713 g/mol. The topological polar surface area (TPSA) is 194 Å². The molecule has 5 heterocycles. The van der Waals surface area contributed by atoms with Gasteiger partial charge in [-0.1, -0.05) is 52.0 Å². The molecule has 0 radical (unpaired) electrons. The number of ether oxygens (including phenoxy) is 1. The molecule has 52 heavy (non-hydrogen) atoms. The van der Waals surface area contributed by atoms with Crippen LogP contribution >= 0.6 is 0 Å². The van der Waals surface area contributed by atoms with Crippen LogP contribution < -0.4 is 10.6 Å². The van der Waals surface area contributed by atoms with Gasteiger partial charge >= 0.3 is 6.09 Å². The smallest absolute Gasteiger partial charge is 0.405 e. The normalized spacial score (nSPS) is 18.7. The minimum atomic E-state index is -1.22. The van der Waals surface area contributed by atoms with Crippen LogP contribution in [0.2, 0.25) is 0 Å². The van der Waals surface area contributed by atoms with E-state index in [4.69, 9.17) is 4.74 Å². The second kappa shape index (κ2) is 16.0. The second-order valence-corrected chi connectivity index (χ2v) is 14.1. The van der Waals surface area contributed by atoms with Gasteiger partial charge in [0.05, 0.1) is 48.6 Å². The zero-order valence-corrected chi connectivity index (χ0v) is 30.3. The lowest BCUT2D eigenvalue weighted by molar-refractivity contribution is -0.136. The van der Waals surface area contributed by atoms with Crippen LogP contribution in [0.4, 0.5) is 4.79 Å². The largest absolute Gasteiger partial charge is 0.465 e. The van der Waals surface area contributed by atoms with E-state index in [1.54, 1.807) is 30.6 Å². The fourth-order valence-electron chi connectivity index (χ4n) is 7.14. The van der Waals surface area contributed by atoms with E-state index < -0.39 is 12.1 Å². The third-order valence-corrected chi connectivity index (χ3v) is 9.90. The summed E-state index contributed by atoms with van der Waals surface area (Å²) >= 11 is 0. The summed E-state index contributed by atoms with van der Waals surface area (Å²) < 4.78 is 5.17. The summed E-state index contributed by atoms with van der Waals surface area (Å²) in [4.78, 5) is 67.1. The first-order chi connectivity index (χ1) is 25.0. The number of imidazole rings is 2. The molecule has 3 amide bonds. The lowest BCUT2D eigenvalue weighted by Crippen LogP contribution is -2.50. The van der Waals surface area contributed by atoms with Crippen LogP contribution in [0.1, 0.15) is 77.1 Å². The highest BCUT2D eigenvalue weighted by Crippen LogP contribution is 2.34. The number of H-pyrrole nitrogens is 2. The number of nitrogens with zero attached hydrogens (tertiary/aromatic N) is 6. The quantitative estimate of drug-likeness (QED) is 0.121. The monoisotopic (exact) mass is 712 g/mol. The Morgan fingerprint density at radius 3 is 1.77 bits per heavy atom. The Kier molecular flexibility index (Phi) is 11.3. The number of rotatable bonds is 13. The van der Waals surface area contributed by atoms with Gasteiger partial charge < -0.3 is 34.9 Å². The number of amides is 3. The molecule has 2 aliphatic rings. The molecule has 1 unspecified atom stereocenters. The lowest BCUT2D eigenvalue weighted by atomic mass is 10.0. The van der Waals surface area contributed by atoms with Crippen LogP contribution in [0.25, 0.3) is 33.9 Å². The second-order valence-electron chi connectivity index (χ2n) is 14.1.